The Hall–Kier alpha value is -2.54. The van der Waals surface area contributed by atoms with Gasteiger partial charge in [-0.2, -0.15) is 0 Å². The van der Waals surface area contributed by atoms with Gasteiger partial charge in [-0.1, -0.05) is 6.92 Å². The largest absolute Gasteiger partial charge is 0.487 e. The van der Waals surface area contributed by atoms with E-state index < -0.39 is 5.92 Å². The minimum atomic E-state index is -0.398. The molecule has 1 aromatic heterocycles. The number of ether oxygens (including phenoxy) is 1. The van der Waals surface area contributed by atoms with E-state index in [1.807, 2.05) is 0 Å². The summed E-state index contributed by atoms with van der Waals surface area (Å²) in [6.07, 6.45) is 0.368. The summed E-state index contributed by atoms with van der Waals surface area (Å²) in [5, 5.41) is 2.81. The second kappa shape index (κ2) is 8.22. The highest BCUT2D eigenvalue weighted by atomic mass is 32.1. The molecule has 1 N–H and O–H groups in total. The lowest BCUT2D eigenvalue weighted by Gasteiger charge is -2.15. The van der Waals surface area contributed by atoms with Gasteiger partial charge in [0, 0.05) is 34.8 Å². The second-order valence-electron chi connectivity index (χ2n) is 7.16. The molecular formula is C21H22FNO4S. The molecule has 0 saturated heterocycles. The first-order chi connectivity index (χ1) is 13.2. The van der Waals surface area contributed by atoms with Gasteiger partial charge in [-0.25, -0.2) is 4.39 Å². The molecule has 2 unspecified atom stereocenters. The Balaban J connectivity index is 1.72. The molecule has 0 radical (unpaired) electrons. The molecule has 7 heteroatoms. The molecule has 1 aliphatic rings. The third-order valence-electron chi connectivity index (χ3n) is 4.63. The van der Waals surface area contributed by atoms with Crippen molar-refractivity contribution in [3.8, 4) is 16.2 Å². The topological polar surface area (TPSA) is 72.5 Å². The van der Waals surface area contributed by atoms with Gasteiger partial charge in [0.05, 0.1) is 11.4 Å². The molecule has 148 valence electrons. The number of hydrogen-bond donors (Lipinski definition) is 1. The van der Waals surface area contributed by atoms with Gasteiger partial charge < -0.3 is 14.8 Å². The molecule has 1 aromatic carbocycles. The molecule has 0 aliphatic carbocycles. The summed E-state index contributed by atoms with van der Waals surface area (Å²) < 4.78 is 20.1. The first kappa shape index (κ1) is 20.2. The molecule has 0 spiro atoms. The molecule has 5 nitrogen and oxygen atoms in total. The van der Waals surface area contributed by atoms with Crippen molar-refractivity contribution in [2.45, 2.75) is 39.7 Å². The van der Waals surface area contributed by atoms with Crippen LogP contribution in [-0.4, -0.2) is 30.1 Å². The minimum Gasteiger partial charge on any atom is -0.487 e. The normalized spacial score (nSPS) is 16.2. The Morgan fingerprint density at radius 2 is 2.04 bits per heavy atom. The maximum atomic E-state index is 14.1. The Bertz CT molecular complexity index is 936. The first-order valence-corrected chi connectivity index (χ1v) is 9.93. The third kappa shape index (κ3) is 4.47. The fraction of sp³-hybridized carbons (Fsp3) is 0.381. The predicted molar refractivity (Wildman–Crippen MR) is 105 cm³/mol. The maximum absolute atomic E-state index is 14.1. The SMILES string of the molecule is CC(=O)CC(C)C(=O)NCC1Cc2cc(F)cc(-c3ccc(C(C)=O)s3)c2O1. The minimum absolute atomic E-state index is 0.0341. The smallest absolute Gasteiger partial charge is 0.223 e. The van der Waals surface area contributed by atoms with Crippen LogP contribution in [0.3, 0.4) is 0 Å². The molecule has 2 atom stereocenters. The predicted octanol–water partition coefficient (Wildman–Crippen LogP) is 3.79. The van der Waals surface area contributed by atoms with Crippen molar-refractivity contribution in [3.63, 3.8) is 0 Å². The summed E-state index contributed by atoms with van der Waals surface area (Å²) in [4.78, 5) is 36.2. The quantitative estimate of drug-likeness (QED) is 0.714. The van der Waals surface area contributed by atoms with E-state index in [4.69, 9.17) is 4.74 Å². The fourth-order valence-electron chi connectivity index (χ4n) is 3.28. The summed E-state index contributed by atoms with van der Waals surface area (Å²) in [7, 11) is 0. The standard InChI is InChI=1S/C21H22FNO4S/c1-11(6-12(2)24)21(26)23-10-16-8-14-7-15(22)9-17(20(14)27-16)19-5-4-18(28-19)13(3)25/h4-5,7,9,11,16H,6,8,10H2,1-3H3,(H,23,26). The van der Waals surface area contributed by atoms with Crippen LogP contribution in [0.2, 0.25) is 0 Å². The van der Waals surface area contributed by atoms with E-state index in [9.17, 15) is 18.8 Å². The zero-order chi connectivity index (χ0) is 20.4. The third-order valence-corrected chi connectivity index (χ3v) is 5.85. The molecule has 1 amide bonds. The van der Waals surface area contributed by atoms with Gasteiger partial charge in [-0.15, -0.1) is 11.3 Å². The molecule has 0 saturated carbocycles. The van der Waals surface area contributed by atoms with Crippen molar-refractivity contribution in [3.05, 3.63) is 40.5 Å². The van der Waals surface area contributed by atoms with Crippen molar-refractivity contribution in [1.82, 2.24) is 5.32 Å². The van der Waals surface area contributed by atoms with Crippen LogP contribution in [-0.2, 0) is 16.0 Å². The van der Waals surface area contributed by atoms with Crippen LogP contribution in [0.1, 0.15) is 42.4 Å². The Morgan fingerprint density at radius 3 is 2.68 bits per heavy atom. The van der Waals surface area contributed by atoms with Crippen LogP contribution in [0, 0.1) is 11.7 Å². The summed E-state index contributed by atoms with van der Waals surface area (Å²) >= 11 is 1.30. The molecule has 2 aromatic rings. The molecule has 0 bridgehead atoms. The van der Waals surface area contributed by atoms with Gasteiger partial charge in [0.25, 0.3) is 0 Å². The average molecular weight is 403 g/mol. The molecule has 0 fully saturated rings. The fourth-order valence-corrected chi connectivity index (χ4v) is 4.19. The number of thiophene rings is 1. The number of carbonyl (C=O) groups is 3. The van der Waals surface area contributed by atoms with Gasteiger partial charge in [-0.05, 0) is 38.1 Å². The van der Waals surface area contributed by atoms with E-state index >= 15 is 0 Å². The van der Waals surface area contributed by atoms with Crippen LogP contribution < -0.4 is 10.1 Å². The second-order valence-corrected chi connectivity index (χ2v) is 8.24. The lowest BCUT2D eigenvalue weighted by atomic mass is 10.0. The molecule has 28 heavy (non-hydrogen) atoms. The van der Waals surface area contributed by atoms with Gasteiger partial charge in [-0.3, -0.25) is 9.59 Å². The lowest BCUT2D eigenvalue weighted by Crippen LogP contribution is -2.37. The Kier molecular flexibility index (Phi) is 5.93. The van der Waals surface area contributed by atoms with E-state index in [1.165, 1.54) is 37.3 Å². The van der Waals surface area contributed by atoms with Gasteiger partial charge in [0.2, 0.25) is 5.91 Å². The van der Waals surface area contributed by atoms with E-state index in [0.717, 1.165) is 10.4 Å². The molecule has 1 aliphatic heterocycles. The highest BCUT2D eigenvalue weighted by Gasteiger charge is 2.28. The number of amides is 1. The summed E-state index contributed by atoms with van der Waals surface area (Å²) in [6.45, 7) is 4.93. The van der Waals surface area contributed by atoms with E-state index in [1.54, 1.807) is 19.1 Å². The number of Topliss-reactive ketones (excluding diaryl/α,β-unsaturated/α-hetero) is 2. The van der Waals surface area contributed by atoms with E-state index in [-0.39, 0.29) is 42.4 Å². The number of nitrogens with one attached hydrogen (secondary N) is 1. The Labute approximate surface area is 166 Å². The molecule has 3 rings (SSSR count). The number of carbonyl (C=O) groups excluding carboxylic acids is 3. The van der Waals surface area contributed by atoms with Crippen LogP contribution in [0.15, 0.2) is 24.3 Å². The number of ketones is 2. The van der Waals surface area contributed by atoms with Crippen molar-refractivity contribution >= 4 is 28.8 Å². The van der Waals surface area contributed by atoms with Crippen molar-refractivity contribution in [1.29, 1.82) is 0 Å². The summed E-state index contributed by atoms with van der Waals surface area (Å²) in [5.41, 5.74) is 1.36. The van der Waals surface area contributed by atoms with Crippen molar-refractivity contribution < 1.29 is 23.5 Å². The van der Waals surface area contributed by atoms with Crippen molar-refractivity contribution in [2.75, 3.05) is 6.54 Å². The number of halogens is 1. The number of hydrogen-bond acceptors (Lipinski definition) is 5. The zero-order valence-electron chi connectivity index (χ0n) is 16.0. The zero-order valence-corrected chi connectivity index (χ0v) is 16.8. The van der Waals surface area contributed by atoms with E-state index in [2.05, 4.69) is 5.32 Å². The maximum Gasteiger partial charge on any atom is 0.223 e. The number of fused-ring (bicyclic) bond motifs is 1. The van der Waals surface area contributed by atoms with Crippen LogP contribution >= 0.6 is 11.3 Å². The monoisotopic (exact) mass is 403 g/mol. The Morgan fingerprint density at radius 1 is 1.29 bits per heavy atom. The highest BCUT2D eigenvalue weighted by molar-refractivity contribution is 7.17. The summed E-state index contributed by atoms with van der Waals surface area (Å²) in [5.74, 6) is -0.446. The van der Waals surface area contributed by atoms with Crippen LogP contribution in [0.4, 0.5) is 4.39 Å². The first-order valence-electron chi connectivity index (χ1n) is 9.12. The number of benzene rings is 1. The molecule has 2 heterocycles. The van der Waals surface area contributed by atoms with Crippen LogP contribution in [0.25, 0.3) is 10.4 Å². The van der Waals surface area contributed by atoms with Gasteiger partial charge in [0.15, 0.2) is 5.78 Å². The average Bonchev–Trinajstić information content (AvgIpc) is 3.25. The van der Waals surface area contributed by atoms with Gasteiger partial charge >= 0.3 is 0 Å². The lowest BCUT2D eigenvalue weighted by molar-refractivity contribution is -0.128. The molecular weight excluding hydrogens is 381 g/mol. The van der Waals surface area contributed by atoms with E-state index in [0.29, 0.717) is 22.6 Å². The summed E-state index contributed by atoms with van der Waals surface area (Å²) in [6, 6.07) is 6.37. The van der Waals surface area contributed by atoms with Crippen molar-refractivity contribution in [2.24, 2.45) is 5.92 Å². The van der Waals surface area contributed by atoms with Gasteiger partial charge in [0.1, 0.15) is 23.5 Å². The number of rotatable bonds is 7. The van der Waals surface area contributed by atoms with Crippen LogP contribution in [0.5, 0.6) is 5.75 Å². The highest BCUT2D eigenvalue weighted by Crippen LogP contribution is 2.42.